The van der Waals surface area contributed by atoms with Gasteiger partial charge in [-0.3, -0.25) is 9.36 Å². The van der Waals surface area contributed by atoms with Crippen LogP contribution in [0, 0.1) is 6.92 Å². The van der Waals surface area contributed by atoms with Crippen LogP contribution in [0.2, 0.25) is 10.0 Å². The average molecular weight is 499 g/mol. The van der Waals surface area contributed by atoms with Crippen LogP contribution in [0.4, 0.5) is 5.69 Å². The first-order chi connectivity index (χ1) is 15.9. The Labute approximate surface area is 205 Å². The first-order valence-electron chi connectivity index (χ1n) is 9.99. The SMILES string of the molecule is COc1ccc(-c2nnc(SCC(=O)Nc3cc(Cl)ccc3Cl)n2-c2ccc(C)cc2)cc1. The van der Waals surface area contributed by atoms with Gasteiger partial charge in [-0.2, -0.15) is 0 Å². The quantitative estimate of drug-likeness (QED) is 0.303. The van der Waals surface area contributed by atoms with Gasteiger partial charge in [-0.25, -0.2) is 0 Å². The molecule has 6 nitrogen and oxygen atoms in total. The molecule has 0 atom stereocenters. The molecule has 1 aromatic heterocycles. The second-order valence-electron chi connectivity index (χ2n) is 7.17. The van der Waals surface area contributed by atoms with Gasteiger partial charge in [0.2, 0.25) is 5.91 Å². The van der Waals surface area contributed by atoms with E-state index in [1.807, 2.05) is 60.0 Å². The van der Waals surface area contributed by atoms with Crippen LogP contribution in [0.5, 0.6) is 5.75 Å². The van der Waals surface area contributed by atoms with Crippen LogP contribution < -0.4 is 10.1 Å². The predicted molar refractivity (Wildman–Crippen MR) is 134 cm³/mol. The van der Waals surface area contributed by atoms with E-state index >= 15 is 0 Å². The Bertz CT molecular complexity index is 1270. The molecule has 3 aromatic carbocycles. The largest absolute Gasteiger partial charge is 0.497 e. The summed E-state index contributed by atoms with van der Waals surface area (Å²) in [5.41, 5.74) is 3.39. The van der Waals surface area contributed by atoms with Gasteiger partial charge in [-0.15, -0.1) is 10.2 Å². The molecule has 0 saturated heterocycles. The van der Waals surface area contributed by atoms with Crippen LogP contribution in [-0.4, -0.2) is 33.5 Å². The lowest BCUT2D eigenvalue weighted by molar-refractivity contribution is -0.113. The first kappa shape index (κ1) is 23.2. The molecule has 1 heterocycles. The van der Waals surface area contributed by atoms with Crippen molar-refractivity contribution in [2.75, 3.05) is 18.2 Å². The molecule has 0 fully saturated rings. The minimum Gasteiger partial charge on any atom is -0.497 e. The van der Waals surface area contributed by atoms with E-state index in [1.54, 1.807) is 25.3 Å². The van der Waals surface area contributed by atoms with Gasteiger partial charge < -0.3 is 10.1 Å². The molecule has 0 aliphatic rings. The number of carbonyl (C=O) groups is 1. The van der Waals surface area contributed by atoms with Crippen molar-refractivity contribution in [1.82, 2.24) is 14.8 Å². The third kappa shape index (κ3) is 5.50. The molecule has 9 heteroatoms. The minimum absolute atomic E-state index is 0.120. The van der Waals surface area contributed by atoms with Crippen molar-refractivity contribution in [1.29, 1.82) is 0 Å². The van der Waals surface area contributed by atoms with E-state index < -0.39 is 0 Å². The van der Waals surface area contributed by atoms with E-state index in [4.69, 9.17) is 27.9 Å². The third-order valence-corrected chi connectivity index (χ3v) is 6.30. The number of aryl methyl sites for hydroxylation is 1. The molecule has 0 bridgehead atoms. The summed E-state index contributed by atoms with van der Waals surface area (Å²) in [6.45, 7) is 2.03. The van der Waals surface area contributed by atoms with E-state index in [0.717, 1.165) is 22.6 Å². The van der Waals surface area contributed by atoms with Crippen LogP contribution in [-0.2, 0) is 4.79 Å². The lowest BCUT2D eigenvalue weighted by atomic mass is 10.2. The van der Waals surface area contributed by atoms with Gasteiger partial charge in [-0.1, -0.05) is 52.7 Å². The number of rotatable bonds is 7. The molecule has 168 valence electrons. The standard InChI is InChI=1S/C24H20Cl2N4O2S/c1-15-3-8-18(9-4-15)30-23(16-5-10-19(32-2)11-6-16)28-29-24(30)33-14-22(31)27-21-13-17(25)7-12-20(21)26/h3-13H,14H2,1-2H3,(H,27,31). The third-order valence-electron chi connectivity index (χ3n) is 4.81. The van der Waals surface area contributed by atoms with Crippen LogP contribution >= 0.6 is 35.0 Å². The zero-order valence-electron chi connectivity index (χ0n) is 17.9. The fourth-order valence-electron chi connectivity index (χ4n) is 3.13. The normalized spacial score (nSPS) is 10.8. The number of methoxy groups -OCH3 is 1. The van der Waals surface area contributed by atoms with Crippen LogP contribution in [0.25, 0.3) is 17.1 Å². The molecule has 0 aliphatic carbocycles. The predicted octanol–water partition coefficient (Wildman–Crippen LogP) is 6.29. The number of benzene rings is 3. The number of aromatic nitrogens is 3. The van der Waals surface area contributed by atoms with Crippen LogP contribution in [0.3, 0.4) is 0 Å². The van der Waals surface area contributed by atoms with Gasteiger partial charge in [0, 0.05) is 16.3 Å². The Morgan fingerprint density at radius 2 is 1.76 bits per heavy atom. The maximum atomic E-state index is 12.6. The van der Waals surface area contributed by atoms with E-state index in [9.17, 15) is 4.79 Å². The summed E-state index contributed by atoms with van der Waals surface area (Å²) in [5, 5.41) is 13.1. The Balaban J connectivity index is 1.60. The van der Waals surface area contributed by atoms with Crippen molar-refractivity contribution < 1.29 is 9.53 Å². The van der Waals surface area contributed by atoms with Crippen molar-refractivity contribution in [3.05, 3.63) is 82.3 Å². The van der Waals surface area contributed by atoms with Crippen molar-refractivity contribution in [2.24, 2.45) is 0 Å². The lowest BCUT2D eigenvalue weighted by Gasteiger charge is -2.11. The van der Waals surface area contributed by atoms with Gasteiger partial charge in [0.1, 0.15) is 5.75 Å². The zero-order valence-corrected chi connectivity index (χ0v) is 20.2. The molecule has 1 amide bonds. The maximum absolute atomic E-state index is 12.6. The Morgan fingerprint density at radius 3 is 2.45 bits per heavy atom. The topological polar surface area (TPSA) is 69.0 Å². The number of amides is 1. The average Bonchev–Trinajstić information content (AvgIpc) is 3.24. The van der Waals surface area contributed by atoms with Crippen molar-refractivity contribution >= 4 is 46.6 Å². The molecule has 4 rings (SSSR count). The van der Waals surface area contributed by atoms with Crippen LogP contribution in [0.1, 0.15) is 5.56 Å². The summed E-state index contributed by atoms with van der Waals surface area (Å²) in [6, 6.07) is 20.6. The number of hydrogen-bond acceptors (Lipinski definition) is 5. The highest BCUT2D eigenvalue weighted by molar-refractivity contribution is 7.99. The van der Waals surface area contributed by atoms with Gasteiger partial charge in [-0.05, 0) is 61.5 Å². The van der Waals surface area contributed by atoms with Gasteiger partial charge in [0.15, 0.2) is 11.0 Å². The van der Waals surface area contributed by atoms with E-state index in [0.29, 0.717) is 26.7 Å². The number of thioether (sulfide) groups is 1. The van der Waals surface area contributed by atoms with Crippen molar-refractivity contribution in [3.8, 4) is 22.8 Å². The fourth-order valence-corrected chi connectivity index (χ4v) is 4.22. The zero-order chi connectivity index (χ0) is 23.4. The molecule has 4 aromatic rings. The maximum Gasteiger partial charge on any atom is 0.234 e. The number of hydrogen-bond donors (Lipinski definition) is 1. The first-order valence-corrected chi connectivity index (χ1v) is 11.7. The monoisotopic (exact) mass is 498 g/mol. The molecule has 0 spiro atoms. The Morgan fingerprint density at radius 1 is 1.03 bits per heavy atom. The summed E-state index contributed by atoms with van der Waals surface area (Å²) >= 11 is 13.4. The highest BCUT2D eigenvalue weighted by atomic mass is 35.5. The van der Waals surface area contributed by atoms with E-state index in [2.05, 4.69) is 15.5 Å². The molecular formula is C24H20Cl2N4O2S. The summed E-state index contributed by atoms with van der Waals surface area (Å²) in [7, 11) is 1.63. The van der Waals surface area contributed by atoms with Gasteiger partial charge in [0.25, 0.3) is 0 Å². The molecule has 0 aliphatic heterocycles. The highest BCUT2D eigenvalue weighted by Crippen LogP contribution is 2.30. The van der Waals surface area contributed by atoms with Gasteiger partial charge >= 0.3 is 0 Å². The summed E-state index contributed by atoms with van der Waals surface area (Å²) in [5.74, 6) is 1.32. The number of ether oxygens (including phenoxy) is 1. The van der Waals surface area contributed by atoms with Crippen molar-refractivity contribution in [2.45, 2.75) is 12.1 Å². The molecule has 1 N–H and O–H groups in total. The second-order valence-corrected chi connectivity index (χ2v) is 8.95. The fraction of sp³-hybridized carbons (Fsp3) is 0.125. The van der Waals surface area contributed by atoms with Crippen molar-refractivity contribution in [3.63, 3.8) is 0 Å². The smallest absolute Gasteiger partial charge is 0.234 e. The number of nitrogens with one attached hydrogen (secondary N) is 1. The summed E-state index contributed by atoms with van der Waals surface area (Å²) in [4.78, 5) is 12.6. The number of nitrogens with zero attached hydrogens (tertiary/aromatic N) is 3. The molecule has 0 saturated carbocycles. The lowest BCUT2D eigenvalue weighted by Crippen LogP contribution is -2.15. The Hall–Kier alpha value is -3.00. The minimum atomic E-state index is -0.228. The number of halogens is 2. The summed E-state index contributed by atoms with van der Waals surface area (Å²) in [6.07, 6.45) is 0. The molecule has 0 unspecified atom stereocenters. The second kappa shape index (κ2) is 10.3. The number of carbonyl (C=O) groups excluding carboxylic acids is 1. The molecule has 33 heavy (non-hydrogen) atoms. The highest BCUT2D eigenvalue weighted by Gasteiger charge is 2.18. The molecular weight excluding hydrogens is 479 g/mol. The van der Waals surface area contributed by atoms with Crippen LogP contribution in [0.15, 0.2) is 71.9 Å². The van der Waals surface area contributed by atoms with Gasteiger partial charge in [0.05, 0.1) is 23.6 Å². The summed E-state index contributed by atoms with van der Waals surface area (Å²) < 4.78 is 7.19. The molecule has 0 radical (unpaired) electrons. The Kier molecular flexibility index (Phi) is 7.23. The van der Waals surface area contributed by atoms with E-state index in [1.165, 1.54) is 11.8 Å². The van der Waals surface area contributed by atoms with E-state index in [-0.39, 0.29) is 11.7 Å². The number of anilines is 1.